The predicted octanol–water partition coefficient (Wildman–Crippen LogP) is 4.14. The first-order chi connectivity index (χ1) is 12.2. The van der Waals surface area contributed by atoms with Gasteiger partial charge >= 0.3 is 0 Å². The van der Waals surface area contributed by atoms with Crippen molar-refractivity contribution in [2.45, 2.75) is 0 Å². The Balaban J connectivity index is 1.85. The summed E-state index contributed by atoms with van der Waals surface area (Å²) in [6.45, 7) is 2.43. The first kappa shape index (κ1) is 16.2. The third-order valence-corrected chi connectivity index (χ3v) is 4.86. The SMILES string of the molecule is O=C(c1cc(-c2cccc(Br)c2)nc2ccccc12)N1CCOCC1. The summed E-state index contributed by atoms with van der Waals surface area (Å²) in [5, 5.41) is 0.887. The highest BCUT2D eigenvalue weighted by molar-refractivity contribution is 9.10. The number of hydrogen-bond donors (Lipinski definition) is 0. The van der Waals surface area contributed by atoms with Crippen molar-refractivity contribution in [3.8, 4) is 11.3 Å². The Morgan fingerprint density at radius 2 is 1.84 bits per heavy atom. The van der Waals surface area contributed by atoms with Gasteiger partial charge in [-0.05, 0) is 24.3 Å². The number of carbonyl (C=O) groups excluding carboxylic acids is 1. The highest BCUT2D eigenvalue weighted by Crippen LogP contribution is 2.27. The van der Waals surface area contributed by atoms with Gasteiger partial charge in [-0.25, -0.2) is 4.98 Å². The molecule has 5 heteroatoms. The number of pyridine rings is 1. The van der Waals surface area contributed by atoms with Crippen LogP contribution in [0.2, 0.25) is 0 Å². The Labute approximate surface area is 154 Å². The number of para-hydroxylation sites is 1. The Morgan fingerprint density at radius 1 is 1.04 bits per heavy atom. The molecule has 4 rings (SSSR count). The van der Waals surface area contributed by atoms with Crippen molar-refractivity contribution in [2.24, 2.45) is 0 Å². The van der Waals surface area contributed by atoms with Gasteiger partial charge in [0, 0.05) is 28.5 Å². The third kappa shape index (κ3) is 3.30. The molecule has 0 aliphatic carbocycles. The topological polar surface area (TPSA) is 42.4 Å². The van der Waals surface area contributed by atoms with Crippen LogP contribution in [-0.4, -0.2) is 42.1 Å². The van der Waals surface area contributed by atoms with Gasteiger partial charge in [0.25, 0.3) is 5.91 Å². The molecule has 0 bridgehead atoms. The molecule has 1 aromatic heterocycles. The lowest BCUT2D eigenvalue weighted by atomic mass is 10.0. The molecular weight excluding hydrogens is 380 g/mol. The quantitative estimate of drug-likeness (QED) is 0.653. The molecule has 126 valence electrons. The Kier molecular flexibility index (Phi) is 4.51. The fourth-order valence-corrected chi connectivity index (χ4v) is 3.48. The summed E-state index contributed by atoms with van der Waals surface area (Å²) in [4.78, 5) is 19.7. The smallest absolute Gasteiger partial charge is 0.254 e. The molecule has 1 fully saturated rings. The molecule has 1 aliphatic heterocycles. The molecule has 0 spiro atoms. The third-order valence-electron chi connectivity index (χ3n) is 4.37. The second-order valence-corrected chi connectivity index (χ2v) is 6.90. The van der Waals surface area contributed by atoms with E-state index < -0.39 is 0 Å². The Bertz CT molecular complexity index is 936. The molecule has 0 saturated carbocycles. The molecule has 1 amide bonds. The van der Waals surface area contributed by atoms with Crippen LogP contribution in [0.1, 0.15) is 10.4 Å². The summed E-state index contributed by atoms with van der Waals surface area (Å²) < 4.78 is 6.36. The van der Waals surface area contributed by atoms with Crippen molar-refractivity contribution in [3.63, 3.8) is 0 Å². The Hall–Kier alpha value is -2.24. The maximum absolute atomic E-state index is 13.1. The van der Waals surface area contributed by atoms with E-state index in [1.807, 2.05) is 59.5 Å². The number of halogens is 1. The lowest BCUT2D eigenvalue weighted by Gasteiger charge is -2.27. The molecule has 3 aromatic rings. The molecule has 25 heavy (non-hydrogen) atoms. The second kappa shape index (κ2) is 6.94. The lowest BCUT2D eigenvalue weighted by Crippen LogP contribution is -2.40. The number of amides is 1. The normalized spacial score (nSPS) is 14.7. The van der Waals surface area contributed by atoms with Crippen LogP contribution in [-0.2, 0) is 4.74 Å². The molecule has 0 atom stereocenters. The van der Waals surface area contributed by atoms with Gasteiger partial charge in [0.2, 0.25) is 0 Å². The number of hydrogen-bond acceptors (Lipinski definition) is 3. The largest absolute Gasteiger partial charge is 0.378 e. The summed E-state index contributed by atoms with van der Waals surface area (Å²) in [5.41, 5.74) is 3.31. The van der Waals surface area contributed by atoms with Crippen molar-refractivity contribution in [3.05, 3.63) is 64.6 Å². The van der Waals surface area contributed by atoms with Crippen LogP contribution in [0.15, 0.2) is 59.1 Å². The average molecular weight is 397 g/mol. The standard InChI is InChI=1S/C20H17BrN2O2/c21-15-5-3-4-14(12-15)19-13-17(16-6-1-2-7-18(16)22-19)20(24)23-8-10-25-11-9-23/h1-7,12-13H,8-11H2. The van der Waals surface area contributed by atoms with Gasteiger partial charge < -0.3 is 9.64 Å². The summed E-state index contributed by atoms with van der Waals surface area (Å²) in [6.07, 6.45) is 0. The van der Waals surface area contributed by atoms with Gasteiger partial charge in [-0.3, -0.25) is 4.79 Å². The second-order valence-electron chi connectivity index (χ2n) is 5.99. The van der Waals surface area contributed by atoms with Crippen molar-refractivity contribution < 1.29 is 9.53 Å². The molecule has 0 N–H and O–H groups in total. The van der Waals surface area contributed by atoms with Crippen LogP contribution in [0.5, 0.6) is 0 Å². The van der Waals surface area contributed by atoms with E-state index in [0.29, 0.717) is 31.9 Å². The Morgan fingerprint density at radius 3 is 2.64 bits per heavy atom. The van der Waals surface area contributed by atoms with E-state index in [9.17, 15) is 4.79 Å². The summed E-state index contributed by atoms with van der Waals surface area (Å²) in [7, 11) is 0. The van der Waals surface area contributed by atoms with E-state index in [0.717, 1.165) is 26.6 Å². The van der Waals surface area contributed by atoms with Crippen LogP contribution in [0, 0.1) is 0 Å². The number of nitrogens with zero attached hydrogens (tertiary/aromatic N) is 2. The minimum atomic E-state index is 0.0400. The van der Waals surface area contributed by atoms with Crippen molar-refractivity contribution in [1.29, 1.82) is 0 Å². The van der Waals surface area contributed by atoms with Crippen molar-refractivity contribution >= 4 is 32.7 Å². The summed E-state index contributed by atoms with van der Waals surface area (Å²) in [5.74, 6) is 0.0400. The van der Waals surface area contributed by atoms with Crippen LogP contribution in [0.4, 0.5) is 0 Å². The zero-order chi connectivity index (χ0) is 17.2. The fourth-order valence-electron chi connectivity index (χ4n) is 3.08. The number of fused-ring (bicyclic) bond motifs is 1. The number of carbonyl (C=O) groups is 1. The molecule has 0 radical (unpaired) electrons. The van der Waals surface area contributed by atoms with E-state index in [1.54, 1.807) is 0 Å². The van der Waals surface area contributed by atoms with Crippen LogP contribution < -0.4 is 0 Å². The molecule has 0 unspecified atom stereocenters. The average Bonchev–Trinajstić information content (AvgIpc) is 2.67. The first-order valence-electron chi connectivity index (χ1n) is 8.25. The van der Waals surface area contributed by atoms with Crippen molar-refractivity contribution in [1.82, 2.24) is 9.88 Å². The lowest BCUT2D eigenvalue weighted by molar-refractivity contribution is 0.0304. The molecule has 2 aromatic carbocycles. The summed E-state index contributed by atoms with van der Waals surface area (Å²) >= 11 is 3.50. The molecule has 1 aliphatic rings. The molecule has 1 saturated heterocycles. The minimum absolute atomic E-state index is 0.0400. The number of aromatic nitrogens is 1. The highest BCUT2D eigenvalue weighted by Gasteiger charge is 2.21. The van der Waals surface area contributed by atoms with Gasteiger partial charge in [-0.2, -0.15) is 0 Å². The van der Waals surface area contributed by atoms with Crippen LogP contribution in [0.3, 0.4) is 0 Å². The van der Waals surface area contributed by atoms with Gasteiger partial charge in [-0.1, -0.05) is 46.3 Å². The van der Waals surface area contributed by atoms with Gasteiger partial charge in [0.05, 0.1) is 30.0 Å². The maximum atomic E-state index is 13.1. The number of rotatable bonds is 2. The number of ether oxygens (including phenoxy) is 1. The monoisotopic (exact) mass is 396 g/mol. The molecule has 2 heterocycles. The fraction of sp³-hybridized carbons (Fsp3) is 0.200. The number of morpholine rings is 1. The molecular formula is C20H17BrN2O2. The van der Waals surface area contributed by atoms with Crippen LogP contribution >= 0.6 is 15.9 Å². The first-order valence-corrected chi connectivity index (χ1v) is 9.04. The van der Waals surface area contributed by atoms with E-state index >= 15 is 0 Å². The van der Waals surface area contributed by atoms with Gasteiger partial charge in [0.15, 0.2) is 0 Å². The highest BCUT2D eigenvalue weighted by atomic mass is 79.9. The zero-order valence-electron chi connectivity index (χ0n) is 13.6. The number of benzene rings is 2. The van der Waals surface area contributed by atoms with Crippen molar-refractivity contribution in [2.75, 3.05) is 26.3 Å². The van der Waals surface area contributed by atoms with E-state index in [-0.39, 0.29) is 5.91 Å². The van der Waals surface area contributed by atoms with Gasteiger partial charge in [0.1, 0.15) is 0 Å². The zero-order valence-corrected chi connectivity index (χ0v) is 15.2. The van der Waals surface area contributed by atoms with E-state index in [4.69, 9.17) is 9.72 Å². The van der Waals surface area contributed by atoms with Gasteiger partial charge in [-0.15, -0.1) is 0 Å². The summed E-state index contributed by atoms with van der Waals surface area (Å²) in [6, 6.07) is 17.7. The van der Waals surface area contributed by atoms with E-state index in [2.05, 4.69) is 15.9 Å². The minimum Gasteiger partial charge on any atom is -0.378 e. The van der Waals surface area contributed by atoms with E-state index in [1.165, 1.54) is 0 Å². The van der Waals surface area contributed by atoms with Crippen LogP contribution in [0.25, 0.3) is 22.2 Å². The predicted molar refractivity (Wildman–Crippen MR) is 102 cm³/mol. The molecule has 4 nitrogen and oxygen atoms in total. The maximum Gasteiger partial charge on any atom is 0.254 e.